The van der Waals surface area contributed by atoms with Gasteiger partial charge in [0.1, 0.15) is 0 Å². The van der Waals surface area contributed by atoms with Crippen molar-refractivity contribution in [1.82, 2.24) is 0 Å². The van der Waals surface area contributed by atoms with Gasteiger partial charge in [-0.3, -0.25) is 29.4 Å². The van der Waals surface area contributed by atoms with Gasteiger partial charge >= 0.3 is 0 Å². The Bertz CT molecular complexity index is 928. The largest absolute Gasteiger partial charge is 0.320 e. The number of nitro groups is 1. The van der Waals surface area contributed by atoms with Crippen LogP contribution in [0.25, 0.3) is 0 Å². The topological polar surface area (TPSA) is 110 Å². The molecule has 1 N–H and O–H groups in total. The van der Waals surface area contributed by atoms with Crippen LogP contribution in [0.1, 0.15) is 23.2 Å². The smallest absolute Gasteiger partial charge is 0.271 e. The maximum Gasteiger partial charge on any atom is 0.271 e. The summed E-state index contributed by atoms with van der Waals surface area (Å²) in [6.07, 6.45) is 0.275. The second-order valence-electron chi connectivity index (χ2n) is 5.55. The van der Waals surface area contributed by atoms with Crippen molar-refractivity contribution < 1.29 is 19.3 Å². The molecule has 0 atom stereocenters. The van der Waals surface area contributed by atoms with E-state index in [1.807, 2.05) is 0 Å². The number of non-ortho nitro benzene ring substituents is 1. The number of nitrogens with one attached hydrogen (secondary N) is 1. The minimum absolute atomic E-state index is 0.0876. The number of anilines is 2. The van der Waals surface area contributed by atoms with E-state index in [1.54, 1.807) is 6.07 Å². The summed E-state index contributed by atoms with van der Waals surface area (Å²) in [6, 6.07) is 9.68. The van der Waals surface area contributed by atoms with Crippen LogP contribution in [0.2, 0.25) is 5.02 Å². The first-order valence-electron chi connectivity index (χ1n) is 7.58. The molecule has 1 aliphatic heterocycles. The van der Waals surface area contributed by atoms with Gasteiger partial charge in [0, 0.05) is 30.5 Å². The number of rotatable bonds is 4. The van der Waals surface area contributed by atoms with E-state index < -0.39 is 10.8 Å². The molecule has 0 radical (unpaired) electrons. The zero-order valence-corrected chi connectivity index (χ0v) is 14.0. The van der Waals surface area contributed by atoms with E-state index in [1.165, 1.54) is 30.3 Å². The molecule has 1 heterocycles. The third-order valence-electron chi connectivity index (χ3n) is 3.83. The van der Waals surface area contributed by atoms with Gasteiger partial charge in [-0.25, -0.2) is 0 Å². The zero-order valence-electron chi connectivity index (χ0n) is 13.3. The molecule has 0 bridgehead atoms. The summed E-state index contributed by atoms with van der Waals surface area (Å²) in [6.45, 7) is 0. The van der Waals surface area contributed by atoms with Crippen LogP contribution in [0.5, 0.6) is 0 Å². The van der Waals surface area contributed by atoms with Gasteiger partial charge in [0.2, 0.25) is 11.8 Å². The molecular weight excluding hydrogens is 362 g/mol. The first-order valence-corrected chi connectivity index (χ1v) is 7.96. The number of halogens is 1. The Morgan fingerprint density at radius 1 is 1.12 bits per heavy atom. The minimum atomic E-state index is -0.600. The highest BCUT2D eigenvalue weighted by Crippen LogP contribution is 2.28. The van der Waals surface area contributed by atoms with Crippen molar-refractivity contribution in [1.29, 1.82) is 0 Å². The Morgan fingerprint density at radius 2 is 1.81 bits per heavy atom. The third-order valence-corrected chi connectivity index (χ3v) is 4.16. The quantitative estimate of drug-likeness (QED) is 0.503. The number of carbonyl (C=O) groups is 3. The average Bonchev–Trinajstić information content (AvgIpc) is 2.95. The average molecular weight is 374 g/mol. The molecule has 132 valence electrons. The van der Waals surface area contributed by atoms with Gasteiger partial charge in [0.25, 0.3) is 11.6 Å². The van der Waals surface area contributed by atoms with Crippen molar-refractivity contribution in [2.45, 2.75) is 12.8 Å². The Labute approximate surface area is 152 Å². The van der Waals surface area contributed by atoms with Crippen LogP contribution in [-0.2, 0) is 9.59 Å². The van der Waals surface area contributed by atoms with Crippen molar-refractivity contribution in [2.75, 3.05) is 10.2 Å². The molecule has 0 saturated carbocycles. The van der Waals surface area contributed by atoms with E-state index in [-0.39, 0.29) is 46.6 Å². The second kappa shape index (κ2) is 6.93. The summed E-state index contributed by atoms with van der Waals surface area (Å²) in [5.41, 5.74) is 0.351. The number of nitro benzene ring substituents is 1. The lowest BCUT2D eigenvalue weighted by Gasteiger charge is -2.15. The SMILES string of the molecule is O=C(Nc1cc([N+](=O)[O-])ccc1Cl)c1cccc(N2C(=O)CCC2=O)c1. The van der Waals surface area contributed by atoms with Crippen LogP contribution >= 0.6 is 11.6 Å². The molecule has 1 saturated heterocycles. The van der Waals surface area contributed by atoms with Gasteiger partial charge in [-0.05, 0) is 24.3 Å². The van der Waals surface area contributed by atoms with Crippen molar-refractivity contribution in [3.05, 3.63) is 63.2 Å². The van der Waals surface area contributed by atoms with E-state index in [4.69, 9.17) is 11.6 Å². The fraction of sp³-hybridized carbons (Fsp3) is 0.118. The summed E-state index contributed by atoms with van der Waals surface area (Å²) < 4.78 is 0. The van der Waals surface area contributed by atoms with E-state index in [0.29, 0.717) is 5.69 Å². The lowest BCUT2D eigenvalue weighted by Crippen LogP contribution is -2.28. The van der Waals surface area contributed by atoms with Gasteiger partial charge in [-0.1, -0.05) is 17.7 Å². The number of hydrogen-bond donors (Lipinski definition) is 1. The summed E-state index contributed by atoms with van der Waals surface area (Å²) in [4.78, 5) is 47.4. The molecular formula is C17H12ClN3O5. The lowest BCUT2D eigenvalue weighted by atomic mass is 10.1. The summed E-state index contributed by atoms with van der Waals surface area (Å²) in [5.74, 6) is -1.23. The molecule has 9 heteroatoms. The Morgan fingerprint density at radius 3 is 2.46 bits per heavy atom. The molecule has 2 aromatic rings. The van der Waals surface area contributed by atoms with Crippen molar-refractivity contribution in [3.63, 3.8) is 0 Å². The minimum Gasteiger partial charge on any atom is -0.320 e. The monoisotopic (exact) mass is 373 g/mol. The molecule has 0 spiro atoms. The van der Waals surface area contributed by atoms with Crippen molar-refractivity contribution in [3.8, 4) is 0 Å². The highest BCUT2D eigenvalue weighted by molar-refractivity contribution is 6.34. The summed E-state index contributed by atoms with van der Waals surface area (Å²) in [7, 11) is 0. The van der Waals surface area contributed by atoms with Gasteiger partial charge in [-0.15, -0.1) is 0 Å². The first-order chi connectivity index (χ1) is 12.4. The molecule has 1 fully saturated rings. The number of hydrogen-bond acceptors (Lipinski definition) is 5. The molecule has 3 rings (SSSR count). The number of benzene rings is 2. The maximum atomic E-state index is 12.4. The van der Waals surface area contributed by atoms with Crippen LogP contribution in [0.15, 0.2) is 42.5 Å². The molecule has 8 nitrogen and oxygen atoms in total. The summed E-state index contributed by atoms with van der Waals surface area (Å²) >= 11 is 5.97. The predicted octanol–water partition coefficient (Wildman–Crippen LogP) is 3.15. The molecule has 3 amide bonds. The normalized spacial score (nSPS) is 13.8. The van der Waals surface area contributed by atoms with Crippen LogP contribution in [0, 0.1) is 10.1 Å². The van der Waals surface area contributed by atoms with Crippen LogP contribution in [0.4, 0.5) is 17.1 Å². The molecule has 2 aromatic carbocycles. The summed E-state index contributed by atoms with van der Waals surface area (Å²) in [5, 5.41) is 13.5. The molecule has 26 heavy (non-hydrogen) atoms. The molecule has 0 aliphatic carbocycles. The standard InChI is InChI=1S/C17H12ClN3O5/c18-13-5-4-12(21(25)26)9-14(13)19-17(24)10-2-1-3-11(8-10)20-15(22)6-7-16(20)23/h1-5,8-9H,6-7H2,(H,19,24). The van der Waals surface area contributed by atoms with E-state index in [2.05, 4.69) is 5.32 Å². The molecule has 0 aromatic heterocycles. The van der Waals surface area contributed by atoms with E-state index in [0.717, 1.165) is 11.0 Å². The second-order valence-corrected chi connectivity index (χ2v) is 5.96. The Hall–Kier alpha value is -3.26. The highest BCUT2D eigenvalue weighted by atomic mass is 35.5. The van der Waals surface area contributed by atoms with Gasteiger partial charge in [0.15, 0.2) is 0 Å². The zero-order chi connectivity index (χ0) is 18.8. The predicted molar refractivity (Wildman–Crippen MR) is 94.2 cm³/mol. The van der Waals surface area contributed by atoms with Gasteiger partial charge < -0.3 is 5.32 Å². The number of imide groups is 1. The number of carbonyl (C=O) groups excluding carboxylic acids is 3. The van der Waals surface area contributed by atoms with Crippen LogP contribution in [0.3, 0.4) is 0 Å². The van der Waals surface area contributed by atoms with E-state index in [9.17, 15) is 24.5 Å². The van der Waals surface area contributed by atoms with Crippen LogP contribution in [-0.4, -0.2) is 22.6 Å². The first kappa shape index (κ1) is 17.6. The molecule has 1 aliphatic rings. The van der Waals surface area contributed by atoms with Gasteiger partial charge in [0.05, 0.1) is 21.3 Å². The van der Waals surface area contributed by atoms with Crippen molar-refractivity contribution in [2.24, 2.45) is 0 Å². The van der Waals surface area contributed by atoms with Crippen molar-refractivity contribution >= 4 is 46.4 Å². The fourth-order valence-corrected chi connectivity index (χ4v) is 2.73. The highest BCUT2D eigenvalue weighted by Gasteiger charge is 2.30. The van der Waals surface area contributed by atoms with E-state index >= 15 is 0 Å². The third kappa shape index (κ3) is 3.40. The number of nitrogens with zero attached hydrogens (tertiary/aromatic N) is 2. The maximum absolute atomic E-state index is 12.4. The number of amides is 3. The Kier molecular flexibility index (Phi) is 4.68. The Balaban J connectivity index is 1.86. The lowest BCUT2D eigenvalue weighted by molar-refractivity contribution is -0.384. The van der Waals surface area contributed by atoms with Crippen LogP contribution < -0.4 is 10.2 Å². The fourth-order valence-electron chi connectivity index (χ4n) is 2.57. The van der Waals surface area contributed by atoms with Gasteiger partial charge in [-0.2, -0.15) is 0 Å². The molecule has 0 unspecified atom stereocenters.